The van der Waals surface area contributed by atoms with Crippen molar-refractivity contribution >= 4 is 17.3 Å². The van der Waals surface area contributed by atoms with E-state index in [1.807, 2.05) is 20.2 Å². The molecule has 0 bridgehead atoms. The summed E-state index contributed by atoms with van der Waals surface area (Å²) in [4.78, 5) is 0. The molecule has 0 spiro atoms. The van der Waals surface area contributed by atoms with E-state index in [-0.39, 0.29) is 10.7 Å². The molecule has 0 aliphatic carbocycles. The summed E-state index contributed by atoms with van der Waals surface area (Å²) in [7, 11) is 1.83. The molecule has 0 aliphatic rings. The number of hydrogen-bond donors (Lipinski definition) is 1. The maximum absolute atomic E-state index is 13.6. The van der Waals surface area contributed by atoms with Gasteiger partial charge in [0.1, 0.15) is 5.82 Å². The molecule has 2 aromatic rings. The highest BCUT2D eigenvalue weighted by atomic mass is 35.5. The molecular formula is C13H14ClF2N3. The van der Waals surface area contributed by atoms with Gasteiger partial charge in [-0.05, 0) is 12.5 Å². The Kier molecular flexibility index (Phi) is 4.04. The quantitative estimate of drug-likeness (QED) is 0.931. The van der Waals surface area contributed by atoms with E-state index in [4.69, 9.17) is 11.6 Å². The zero-order valence-electron chi connectivity index (χ0n) is 10.7. The minimum atomic E-state index is -0.702. The van der Waals surface area contributed by atoms with Crippen LogP contribution < -0.4 is 5.32 Å². The molecule has 0 amide bonds. The van der Waals surface area contributed by atoms with Gasteiger partial charge < -0.3 is 5.32 Å². The smallest absolute Gasteiger partial charge is 0.150 e. The van der Waals surface area contributed by atoms with Crippen molar-refractivity contribution in [2.45, 2.75) is 19.9 Å². The van der Waals surface area contributed by atoms with E-state index in [2.05, 4.69) is 10.4 Å². The first kappa shape index (κ1) is 13.8. The van der Waals surface area contributed by atoms with Crippen molar-refractivity contribution in [2.75, 3.05) is 5.32 Å². The van der Waals surface area contributed by atoms with Crippen LogP contribution in [-0.2, 0) is 20.0 Å². The lowest BCUT2D eigenvalue weighted by Gasteiger charge is -2.09. The first-order valence-corrected chi connectivity index (χ1v) is 6.29. The lowest BCUT2D eigenvalue weighted by atomic mass is 10.2. The molecule has 0 unspecified atom stereocenters. The molecule has 0 fully saturated rings. The molecule has 0 radical (unpaired) electrons. The molecule has 0 atom stereocenters. The van der Waals surface area contributed by atoms with E-state index in [0.29, 0.717) is 6.54 Å². The van der Waals surface area contributed by atoms with Crippen LogP contribution >= 0.6 is 11.6 Å². The average Bonchev–Trinajstić information content (AvgIpc) is 2.68. The Morgan fingerprint density at radius 2 is 2.11 bits per heavy atom. The third-order valence-corrected chi connectivity index (χ3v) is 3.09. The topological polar surface area (TPSA) is 29.9 Å². The third-order valence-electron chi connectivity index (χ3n) is 2.79. The van der Waals surface area contributed by atoms with Crippen LogP contribution in [0.2, 0.25) is 5.02 Å². The van der Waals surface area contributed by atoms with Crippen molar-refractivity contribution in [2.24, 2.45) is 7.05 Å². The molecule has 19 heavy (non-hydrogen) atoms. The van der Waals surface area contributed by atoms with Gasteiger partial charge >= 0.3 is 0 Å². The van der Waals surface area contributed by atoms with Crippen molar-refractivity contribution in [3.8, 4) is 0 Å². The molecule has 1 N–H and O–H groups in total. The predicted molar refractivity (Wildman–Crippen MR) is 71.3 cm³/mol. The molecule has 1 aromatic carbocycles. The second-order valence-corrected chi connectivity index (χ2v) is 4.63. The number of nitrogens with zero attached hydrogens (tertiary/aromatic N) is 2. The maximum atomic E-state index is 13.6. The summed E-state index contributed by atoms with van der Waals surface area (Å²) in [5.41, 5.74) is 2.01. The largest absolute Gasteiger partial charge is 0.377 e. The maximum Gasteiger partial charge on any atom is 0.150 e. The van der Waals surface area contributed by atoms with E-state index in [1.54, 1.807) is 4.68 Å². The van der Waals surface area contributed by atoms with Crippen LogP contribution in [-0.4, -0.2) is 9.78 Å². The fourth-order valence-corrected chi connectivity index (χ4v) is 2.18. The van der Waals surface area contributed by atoms with Crippen molar-refractivity contribution in [3.63, 3.8) is 0 Å². The number of aromatic nitrogens is 2. The van der Waals surface area contributed by atoms with E-state index >= 15 is 0 Å². The van der Waals surface area contributed by atoms with Crippen molar-refractivity contribution < 1.29 is 8.78 Å². The number of nitrogens with one attached hydrogen (secondary N) is 1. The summed E-state index contributed by atoms with van der Waals surface area (Å²) in [6.07, 6.45) is 2.65. The number of anilines is 1. The van der Waals surface area contributed by atoms with Gasteiger partial charge in [-0.3, -0.25) is 4.68 Å². The number of aryl methyl sites for hydroxylation is 2. The number of benzene rings is 1. The number of hydrogen-bond acceptors (Lipinski definition) is 2. The first-order valence-electron chi connectivity index (χ1n) is 5.91. The minimum Gasteiger partial charge on any atom is -0.377 e. The molecule has 0 aliphatic heterocycles. The monoisotopic (exact) mass is 285 g/mol. The van der Waals surface area contributed by atoms with E-state index in [0.717, 1.165) is 29.8 Å². The molecule has 102 valence electrons. The summed E-state index contributed by atoms with van der Waals surface area (Å²) >= 11 is 5.82. The van der Waals surface area contributed by atoms with Gasteiger partial charge in [-0.25, -0.2) is 8.78 Å². The Balaban J connectivity index is 2.19. The van der Waals surface area contributed by atoms with Crippen molar-refractivity contribution in [1.29, 1.82) is 0 Å². The highest BCUT2D eigenvalue weighted by Gasteiger charge is 2.11. The van der Waals surface area contributed by atoms with Crippen LogP contribution in [0.25, 0.3) is 0 Å². The fourth-order valence-electron chi connectivity index (χ4n) is 1.92. The van der Waals surface area contributed by atoms with Gasteiger partial charge in [-0.15, -0.1) is 0 Å². The molecule has 2 rings (SSSR count). The molecule has 0 saturated heterocycles. The van der Waals surface area contributed by atoms with Crippen LogP contribution in [0.3, 0.4) is 0 Å². The second-order valence-electron chi connectivity index (χ2n) is 4.23. The summed E-state index contributed by atoms with van der Waals surface area (Å²) < 4.78 is 28.2. The Hall–Kier alpha value is -1.62. The van der Waals surface area contributed by atoms with Gasteiger partial charge in [-0.1, -0.05) is 18.5 Å². The molecular weight excluding hydrogens is 272 g/mol. The van der Waals surface area contributed by atoms with Gasteiger partial charge in [0.15, 0.2) is 5.82 Å². The van der Waals surface area contributed by atoms with Crippen LogP contribution in [0.1, 0.15) is 18.2 Å². The zero-order valence-corrected chi connectivity index (χ0v) is 11.4. The Morgan fingerprint density at radius 3 is 2.74 bits per heavy atom. The first-order chi connectivity index (χ1) is 9.01. The standard InChI is InChI=1S/C13H14ClF2N3/c1-3-12-8(7-19(2)18-12)6-17-13-10(14)4-9(15)5-11(13)16/h4-5,7,17H,3,6H2,1-2H3. The highest BCUT2D eigenvalue weighted by Crippen LogP contribution is 2.27. The second kappa shape index (κ2) is 5.57. The van der Waals surface area contributed by atoms with Crippen LogP contribution in [0, 0.1) is 11.6 Å². The fraction of sp³-hybridized carbons (Fsp3) is 0.308. The Labute approximate surface area is 115 Å². The van der Waals surface area contributed by atoms with Gasteiger partial charge in [-0.2, -0.15) is 5.10 Å². The summed E-state index contributed by atoms with van der Waals surface area (Å²) in [5, 5.41) is 7.20. The molecule has 0 saturated carbocycles. The van der Waals surface area contributed by atoms with Gasteiger partial charge in [0.25, 0.3) is 0 Å². The average molecular weight is 286 g/mol. The van der Waals surface area contributed by atoms with Crippen LogP contribution in [0.15, 0.2) is 18.3 Å². The molecule has 6 heteroatoms. The normalized spacial score (nSPS) is 10.8. The lowest BCUT2D eigenvalue weighted by molar-refractivity contribution is 0.585. The van der Waals surface area contributed by atoms with E-state index in [9.17, 15) is 8.78 Å². The minimum absolute atomic E-state index is 0.0273. The molecule has 1 heterocycles. The van der Waals surface area contributed by atoms with E-state index < -0.39 is 11.6 Å². The van der Waals surface area contributed by atoms with Crippen LogP contribution in [0.4, 0.5) is 14.5 Å². The van der Waals surface area contributed by atoms with Gasteiger partial charge in [0.05, 0.1) is 16.4 Å². The zero-order chi connectivity index (χ0) is 14.0. The summed E-state index contributed by atoms with van der Waals surface area (Å²) in [5.74, 6) is -1.39. The molecule has 3 nitrogen and oxygen atoms in total. The Bertz CT molecular complexity index is 573. The van der Waals surface area contributed by atoms with Gasteiger partial charge in [0.2, 0.25) is 0 Å². The Morgan fingerprint density at radius 1 is 1.37 bits per heavy atom. The predicted octanol–water partition coefficient (Wildman–Crippen LogP) is 3.53. The third kappa shape index (κ3) is 3.04. The highest BCUT2D eigenvalue weighted by molar-refractivity contribution is 6.33. The number of halogens is 3. The SMILES string of the molecule is CCc1nn(C)cc1CNc1c(F)cc(F)cc1Cl. The van der Waals surface area contributed by atoms with Gasteiger partial charge in [0, 0.05) is 31.4 Å². The molecule has 1 aromatic heterocycles. The number of rotatable bonds is 4. The van der Waals surface area contributed by atoms with E-state index in [1.165, 1.54) is 0 Å². The van der Waals surface area contributed by atoms with Crippen molar-refractivity contribution in [3.05, 3.63) is 46.2 Å². The summed E-state index contributed by atoms with van der Waals surface area (Å²) in [6, 6.07) is 1.88. The summed E-state index contributed by atoms with van der Waals surface area (Å²) in [6.45, 7) is 2.39. The lowest BCUT2D eigenvalue weighted by Crippen LogP contribution is -2.04. The van der Waals surface area contributed by atoms with Crippen LogP contribution in [0.5, 0.6) is 0 Å². The van der Waals surface area contributed by atoms with Crippen molar-refractivity contribution in [1.82, 2.24) is 9.78 Å².